The van der Waals surface area contributed by atoms with E-state index in [0.717, 1.165) is 30.2 Å². The highest BCUT2D eigenvalue weighted by atomic mass is 16.5. The molecule has 0 fully saturated rings. The molecule has 2 N–H and O–H groups in total. The molecule has 5 heteroatoms. The third kappa shape index (κ3) is 1.88. The third-order valence-electron chi connectivity index (χ3n) is 3.14. The fraction of sp³-hybridized carbons (Fsp3) is 0.308. The zero-order valence-electron chi connectivity index (χ0n) is 10.3. The fourth-order valence-electron chi connectivity index (χ4n) is 2.21. The highest BCUT2D eigenvalue weighted by molar-refractivity contribution is 5.59. The number of anilines is 2. The van der Waals surface area contributed by atoms with Gasteiger partial charge in [0.1, 0.15) is 18.2 Å². The molecule has 0 atom stereocenters. The number of nitrogen functional groups attached to an aromatic ring is 1. The molecule has 18 heavy (non-hydrogen) atoms. The molecule has 5 nitrogen and oxygen atoms in total. The smallest absolute Gasteiger partial charge is 0.142 e. The summed E-state index contributed by atoms with van der Waals surface area (Å²) in [6.45, 7) is 2.33. The van der Waals surface area contributed by atoms with Gasteiger partial charge in [0.15, 0.2) is 0 Å². The molecule has 0 unspecified atom stereocenters. The Hall–Kier alpha value is -2.17. The molecule has 0 aliphatic carbocycles. The van der Waals surface area contributed by atoms with E-state index in [1.54, 1.807) is 4.68 Å². The van der Waals surface area contributed by atoms with Crippen LogP contribution in [0.3, 0.4) is 0 Å². The normalized spacial score (nSPS) is 14.2. The average molecular weight is 244 g/mol. The standard InChI is InChI=1S/C13H16N4O/c1-16-13(14)8-10(15-16)9-17-6-7-18-12-5-3-2-4-11(12)17/h2-5,8H,6-7,9,14H2,1H3. The Labute approximate surface area is 106 Å². The van der Waals surface area contributed by atoms with Crippen molar-refractivity contribution in [3.63, 3.8) is 0 Å². The van der Waals surface area contributed by atoms with Gasteiger partial charge in [-0.05, 0) is 12.1 Å². The number of aryl methyl sites for hydroxylation is 1. The van der Waals surface area contributed by atoms with Crippen LogP contribution in [0, 0.1) is 0 Å². The second kappa shape index (κ2) is 4.25. The predicted molar refractivity (Wildman–Crippen MR) is 70.6 cm³/mol. The molecule has 0 radical (unpaired) electrons. The van der Waals surface area contributed by atoms with Crippen molar-refractivity contribution in [2.75, 3.05) is 23.8 Å². The van der Waals surface area contributed by atoms with E-state index in [9.17, 15) is 0 Å². The van der Waals surface area contributed by atoms with Crippen LogP contribution in [-0.4, -0.2) is 22.9 Å². The minimum atomic E-state index is 0.687. The predicted octanol–water partition coefficient (Wildman–Crippen LogP) is 1.40. The van der Waals surface area contributed by atoms with Crippen LogP contribution in [0.4, 0.5) is 11.5 Å². The highest BCUT2D eigenvalue weighted by Gasteiger charge is 2.18. The van der Waals surface area contributed by atoms with E-state index < -0.39 is 0 Å². The lowest BCUT2D eigenvalue weighted by Crippen LogP contribution is -2.32. The van der Waals surface area contributed by atoms with Gasteiger partial charge in [0, 0.05) is 13.1 Å². The first-order valence-electron chi connectivity index (χ1n) is 5.99. The van der Waals surface area contributed by atoms with Gasteiger partial charge in [-0.15, -0.1) is 0 Å². The molecule has 1 aromatic carbocycles. The topological polar surface area (TPSA) is 56.3 Å². The maximum atomic E-state index is 5.80. The fourth-order valence-corrected chi connectivity index (χ4v) is 2.21. The molecule has 0 amide bonds. The summed E-state index contributed by atoms with van der Waals surface area (Å²) in [4.78, 5) is 2.26. The molecule has 0 spiro atoms. The first kappa shape index (κ1) is 11.0. The van der Waals surface area contributed by atoms with Crippen LogP contribution in [0.2, 0.25) is 0 Å². The number of fused-ring (bicyclic) bond motifs is 1. The Kier molecular flexibility index (Phi) is 2.59. The Morgan fingerprint density at radius 2 is 2.22 bits per heavy atom. The van der Waals surface area contributed by atoms with Gasteiger partial charge < -0.3 is 15.4 Å². The summed E-state index contributed by atoms with van der Waals surface area (Å²) in [7, 11) is 1.85. The number of ether oxygens (including phenoxy) is 1. The molecule has 2 aromatic rings. The molecular formula is C13H16N4O. The summed E-state index contributed by atoms with van der Waals surface area (Å²) in [5, 5.41) is 4.39. The molecular weight excluding hydrogens is 228 g/mol. The molecule has 1 aromatic heterocycles. The monoisotopic (exact) mass is 244 g/mol. The SMILES string of the molecule is Cn1nc(CN2CCOc3ccccc32)cc1N. The molecule has 0 bridgehead atoms. The summed E-state index contributed by atoms with van der Waals surface area (Å²) in [5.74, 6) is 1.62. The molecule has 2 heterocycles. The lowest BCUT2D eigenvalue weighted by Gasteiger charge is -2.30. The molecule has 3 rings (SSSR count). The van der Waals surface area contributed by atoms with Crippen molar-refractivity contribution in [1.82, 2.24) is 9.78 Å². The molecule has 0 saturated heterocycles. The van der Waals surface area contributed by atoms with Crippen LogP contribution in [0.15, 0.2) is 30.3 Å². The number of nitrogens with zero attached hydrogens (tertiary/aromatic N) is 3. The van der Waals surface area contributed by atoms with Crippen molar-refractivity contribution < 1.29 is 4.74 Å². The Morgan fingerprint density at radius 1 is 1.39 bits per heavy atom. The lowest BCUT2D eigenvalue weighted by molar-refractivity contribution is 0.306. The average Bonchev–Trinajstić information content (AvgIpc) is 2.69. The molecule has 1 aliphatic rings. The van der Waals surface area contributed by atoms with Gasteiger partial charge in [-0.1, -0.05) is 12.1 Å². The first-order chi connectivity index (χ1) is 8.74. The second-order valence-corrected chi connectivity index (χ2v) is 4.42. The van der Waals surface area contributed by atoms with E-state index in [-0.39, 0.29) is 0 Å². The van der Waals surface area contributed by atoms with Crippen molar-refractivity contribution in [3.05, 3.63) is 36.0 Å². The van der Waals surface area contributed by atoms with Crippen LogP contribution in [0.5, 0.6) is 5.75 Å². The Balaban J connectivity index is 1.86. The van der Waals surface area contributed by atoms with Crippen LogP contribution < -0.4 is 15.4 Å². The van der Waals surface area contributed by atoms with Crippen LogP contribution in [0.1, 0.15) is 5.69 Å². The molecule has 1 aliphatic heterocycles. The summed E-state index contributed by atoms with van der Waals surface area (Å²) in [6, 6.07) is 9.99. The Morgan fingerprint density at radius 3 is 3.00 bits per heavy atom. The number of para-hydroxylation sites is 2. The number of hydrogen-bond donors (Lipinski definition) is 1. The number of nitrogens with two attached hydrogens (primary N) is 1. The van der Waals surface area contributed by atoms with Gasteiger partial charge in [0.05, 0.1) is 24.5 Å². The first-order valence-corrected chi connectivity index (χ1v) is 5.99. The van der Waals surface area contributed by atoms with Gasteiger partial charge in [-0.2, -0.15) is 5.10 Å². The van der Waals surface area contributed by atoms with Gasteiger partial charge in [-0.3, -0.25) is 4.68 Å². The Bertz CT molecular complexity index is 544. The van der Waals surface area contributed by atoms with Crippen molar-refractivity contribution in [3.8, 4) is 5.75 Å². The maximum absolute atomic E-state index is 5.80. The third-order valence-corrected chi connectivity index (χ3v) is 3.14. The molecule has 94 valence electrons. The lowest BCUT2D eigenvalue weighted by atomic mass is 10.2. The summed E-state index contributed by atoms with van der Waals surface area (Å²) >= 11 is 0. The zero-order valence-corrected chi connectivity index (χ0v) is 10.3. The second-order valence-electron chi connectivity index (χ2n) is 4.42. The minimum absolute atomic E-state index is 0.687. The molecule has 0 saturated carbocycles. The van der Waals surface area contributed by atoms with Crippen LogP contribution >= 0.6 is 0 Å². The minimum Gasteiger partial charge on any atom is -0.490 e. The zero-order chi connectivity index (χ0) is 12.5. The highest BCUT2D eigenvalue weighted by Crippen LogP contribution is 2.31. The quantitative estimate of drug-likeness (QED) is 0.867. The van der Waals surface area contributed by atoms with E-state index >= 15 is 0 Å². The van der Waals surface area contributed by atoms with E-state index in [1.165, 1.54) is 0 Å². The largest absolute Gasteiger partial charge is 0.490 e. The van der Waals surface area contributed by atoms with Gasteiger partial charge in [0.2, 0.25) is 0 Å². The van der Waals surface area contributed by atoms with Crippen molar-refractivity contribution in [2.45, 2.75) is 6.54 Å². The van der Waals surface area contributed by atoms with E-state index in [2.05, 4.69) is 16.1 Å². The van der Waals surface area contributed by atoms with Crippen LogP contribution in [0.25, 0.3) is 0 Å². The van der Waals surface area contributed by atoms with Gasteiger partial charge >= 0.3 is 0 Å². The maximum Gasteiger partial charge on any atom is 0.142 e. The number of aromatic nitrogens is 2. The summed E-state index contributed by atoms with van der Waals surface area (Å²) in [6.07, 6.45) is 0. The van der Waals surface area contributed by atoms with Gasteiger partial charge in [0.25, 0.3) is 0 Å². The number of hydrogen-bond acceptors (Lipinski definition) is 4. The van der Waals surface area contributed by atoms with E-state index in [4.69, 9.17) is 10.5 Å². The van der Waals surface area contributed by atoms with Crippen LogP contribution in [-0.2, 0) is 13.6 Å². The number of rotatable bonds is 2. The van der Waals surface area contributed by atoms with Crippen molar-refractivity contribution in [2.24, 2.45) is 7.05 Å². The van der Waals surface area contributed by atoms with Gasteiger partial charge in [-0.25, -0.2) is 0 Å². The number of benzene rings is 1. The summed E-state index contributed by atoms with van der Waals surface area (Å²) < 4.78 is 7.32. The van der Waals surface area contributed by atoms with Crippen molar-refractivity contribution in [1.29, 1.82) is 0 Å². The summed E-state index contributed by atoms with van der Waals surface area (Å²) in [5.41, 5.74) is 7.89. The van der Waals surface area contributed by atoms with E-state index in [1.807, 2.05) is 31.3 Å². The van der Waals surface area contributed by atoms with Crippen molar-refractivity contribution >= 4 is 11.5 Å². The van der Waals surface area contributed by atoms with E-state index in [0.29, 0.717) is 12.4 Å².